The van der Waals surface area contributed by atoms with Gasteiger partial charge in [0.15, 0.2) is 5.96 Å². The topological polar surface area (TPSA) is 74.0 Å². The summed E-state index contributed by atoms with van der Waals surface area (Å²) in [5, 5.41) is 10.6. The van der Waals surface area contributed by atoms with Crippen LogP contribution >= 0.6 is 11.6 Å². The molecule has 1 aromatic heterocycles. The van der Waals surface area contributed by atoms with Gasteiger partial charge in [0.1, 0.15) is 11.4 Å². The molecule has 0 radical (unpaired) electrons. The predicted molar refractivity (Wildman–Crippen MR) is 111 cm³/mol. The number of rotatable bonds is 2. The molecule has 1 saturated heterocycles. The minimum Gasteiger partial charge on any atom is -0.346 e. The van der Waals surface area contributed by atoms with Crippen molar-refractivity contribution in [3.63, 3.8) is 0 Å². The van der Waals surface area contributed by atoms with E-state index >= 15 is 0 Å². The van der Waals surface area contributed by atoms with Gasteiger partial charge in [0.2, 0.25) is 5.91 Å². The molecular weight excluding hydrogens is 431 g/mol. The number of aromatic nitrogens is 2. The maximum Gasteiger partial charge on any atom is 0.419 e. The number of amides is 1. The van der Waals surface area contributed by atoms with Gasteiger partial charge in [-0.15, -0.1) is 0 Å². The zero-order chi connectivity index (χ0) is 22.7. The predicted octanol–water partition coefficient (Wildman–Crippen LogP) is 4.61. The maximum absolute atomic E-state index is 13.8. The molecule has 1 atom stereocenters. The van der Waals surface area contributed by atoms with Crippen molar-refractivity contribution in [2.45, 2.75) is 32.0 Å². The van der Waals surface area contributed by atoms with Crippen molar-refractivity contribution in [1.29, 1.82) is 5.41 Å². The largest absolute Gasteiger partial charge is 0.419 e. The number of fused-ring (bicyclic) bond motifs is 1. The Balaban J connectivity index is 1.92. The first-order chi connectivity index (χ1) is 14.4. The normalized spacial score (nSPS) is 19.8. The van der Waals surface area contributed by atoms with Gasteiger partial charge in [0.05, 0.1) is 28.0 Å². The number of hydrogen-bond acceptors (Lipinski definition) is 3. The Morgan fingerprint density at radius 2 is 1.97 bits per heavy atom. The van der Waals surface area contributed by atoms with Crippen molar-refractivity contribution in [1.82, 2.24) is 19.8 Å². The number of nitrogens with zero attached hydrogens (tertiary/aromatic N) is 3. The smallest absolute Gasteiger partial charge is 0.346 e. The number of nitrogens with one attached hydrogen (secondary N) is 2. The third-order valence-corrected chi connectivity index (χ3v) is 5.88. The maximum atomic E-state index is 13.8. The summed E-state index contributed by atoms with van der Waals surface area (Å²) in [6.07, 6.45) is -4.57. The van der Waals surface area contributed by atoms with E-state index in [9.17, 15) is 18.0 Å². The Labute approximate surface area is 181 Å². The lowest BCUT2D eigenvalue weighted by Gasteiger charge is -2.39. The van der Waals surface area contributed by atoms with Crippen LogP contribution in [-0.2, 0) is 16.5 Å². The molecule has 0 unspecified atom stereocenters. The minimum atomic E-state index is -4.67. The van der Waals surface area contributed by atoms with Gasteiger partial charge < -0.3 is 5.32 Å². The van der Waals surface area contributed by atoms with Gasteiger partial charge in [-0.3, -0.25) is 19.7 Å². The summed E-state index contributed by atoms with van der Waals surface area (Å²) in [5.74, 6) is 0.0943. The molecule has 2 aromatic carbocycles. The molecule has 2 heterocycles. The highest BCUT2D eigenvalue weighted by Crippen LogP contribution is 2.41. The van der Waals surface area contributed by atoms with Crippen molar-refractivity contribution in [2.75, 3.05) is 7.05 Å². The lowest BCUT2D eigenvalue weighted by Crippen LogP contribution is -2.58. The van der Waals surface area contributed by atoms with E-state index in [0.717, 1.165) is 0 Å². The molecule has 3 aromatic rings. The standard InChI is InChI=1S/C21H19ClF3N5O/c1-11-27-15-8-7-14(22)17(21(23,24)25)18(15)30(11)13-6-4-5-12(9-13)20(2)10-16(31)29(3)19(26)28-20/h4-9H,10H2,1-3H3,(H2,26,28)/t20-/m0/s1. The van der Waals surface area contributed by atoms with Gasteiger partial charge in [-0.1, -0.05) is 23.7 Å². The Kier molecular flexibility index (Phi) is 4.77. The molecule has 0 aliphatic carbocycles. The number of benzene rings is 2. The van der Waals surface area contributed by atoms with Crippen LogP contribution in [0.5, 0.6) is 0 Å². The van der Waals surface area contributed by atoms with Crippen molar-refractivity contribution in [2.24, 2.45) is 0 Å². The van der Waals surface area contributed by atoms with E-state index in [1.54, 1.807) is 38.1 Å². The lowest BCUT2D eigenvalue weighted by atomic mass is 9.86. The quantitative estimate of drug-likeness (QED) is 0.600. The van der Waals surface area contributed by atoms with Crippen LogP contribution < -0.4 is 5.32 Å². The van der Waals surface area contributed by atoms with Crippen LogP contribution in [-0.4, -0.2) is 33.4 Å². The van der Waals surface area contributed by atoms with Crippen molar-refractivity contribution in [3.05, 3.63) is 58.4 Å². The van der Waals surface area contributed by atoms with Crippen LogP contribution in [0.4, 0.5) is 13.2 Å². The fourth-order valence-electron chi connectivity index (χ4n) is 3.94. The van der Waals surface area contributed by atoms with Crippen molar-refractivity contribution in [3.8, 4) is 5.69 Å². The van der Waals surface area contributed by atoms with Gasteiger partial charge in [0, 0.05) is 12.7 Å². The van der Waals surface area contributed by atoms with Crippen LogP contribution in [0.2, 0.25) is 5.02 Å². The molecule has 2 N–H and O–H groups in total. The number of imidazole rings is 1. The molecule has 1 amide bonds. The molecule has 1 fully saturated rings. The second-order valence-electron chi connectivity index (χ2n) is 7.77. The Hall–Kier alpha value is -3.07. The summed E-state index contributed by atoms with van der Waals surface area (Å²) in [6.45, 7) is 3.40. The Morgan fingerprint density at radius 3 is 2.61 bits per heavy atom. The van der Waals surface area contributed by atoms with Gasteiger partial charge >= 0.3 is 6.18 Å². The first kappa shape index (κ1) is 21.2. The first-order valence-electron chi connectivity index (χ1n) is 9.41. The first-order valence-corrected chi connectivity index (χ1v) is 9.79. The second kappa shape index (κ2) is 6.98. The zero-order valence-corrected chi connectivity index (χ0v) is 17.7. The molecule has 1 aliphatic rings. The zero-order valence-electron chi connectivity index (χ0n) is 16.9. The highest BCUT2D eigenvalue weighted by Gasteiger charge is 2.39. The van der Waals surface area contributed by atoms with E-state index in [2.05, 4.69) is 10.3 Å². The fraction of sp³-hybridized carbons (Fsp3) is 0.286. The summed E-state index contributed by atoms with van der Waals surface area (Å²) in [7, 11) is 1.51. The van der Waals surface area contributed by atoms with E-state index in [-0.39, 0.29) is 29.3 Å². The summed E-state index contributed by atoms with van der Waals surface area (Å²) in [5.41, 5.74) is -0.663. The third-order valence-electron chi connectivity index (χ3n) is 5.57. The SMILES string of the molecule is Cc1nc2ccc(Cl)c(C(F)(F)F)c2n1-c1cccc([C@]2(C)CC(=O)N(C)C(=N)N2)c1. The van der Waals surface area contributed by atoms with E-state index in [0.29, 0.717) is 17.1 Å². The number of aryl methyl sites for hydroxylation is 1. The summed E-state index contributed by atoms with van der Waals surface area (Å²) in [6, 6.07) is 9.50. The van der Waals surface area contributed by atoms with E-state index in [4.69, 9.17) is 17.0 Å². The van der Waals surface area contributed by atoms with Crippen LogP contribution in [0, 0.1) is 12.3 Å². The van der Waals surface area contributed by atoms with Crippen molar-refractivity contribution >= 4 is 34.5 Å². The minimum absolute atomic E-state index is 0.0421. The van der Waals surface area contributed by atoms with E-state index < -0.39 is 22.3 Å². The molecule has 0 bridgehead atoms. The monoisotopic (exact) mass is 449 g/mol. The molecular formula is C21H19ClF3N5O. The molecule has 4 rings (SSSR count). The average molecular weight is 450 g/mol. The van der Waals surface area contributed by atoms with Crippen LogP contribution in [0.25, 0.3) is 16.7 Å². The van der Waals surface area contributed by atoms with Crippen molar-refractivity contribution < 1.29 is 18.0 Å². The number of carbonyl (C=O) groups excluding carboxylic acids is 1. The number of carbonyl (C=O) groups is 1. The number of alkyl halides is 3. The van der Waals surface area contributed by atoms with Gasteiger partial charge in [-0.2, -0.15) is 13.2 Å². The Morgan fingerprint density at radius 1 is 1.26 bits per heavy atom. The molecule has 0 spiro atoms. The molecule has 0 saturated carbocycles. The van der Waals surface area contributed by atoms with Crippen LogP contribution in [0.15, 0.2) is 36.4 Å². The molecule has 31 heavy (non-hydrogen) atoms. The lowest BCUT2D eigenvalue weighted by molar-refractivity contribution is -0.136. The molecule has 10 heteroatoms. The number of hydrogen-bond donors (Lipinski definition) is 2. The van der Waals surface area contributed by atoms with Crippen LogP contribution in [0.1, 0.15) is 30.3 Å². The van der Waals surface area contributed by atoms with Gasteiger partial charge in [-0.05, 0) is 43.7 Å². The summed E-state index contributed by atoms with van der Waals surface area (Å²) >= 11 is 5.94. The number of halogens is 4. The highest BCUT2D eigenvalue weighted by atomic mass is 35.5. The second-order valence-corrected chi connectivity index (χ2v) is 8.18. The fourth-order valence-corrected chi connectivity index (χ4v) is 4.20. The van der Waals surface area contributed by atoms with Gasteiger partial charge in [0.25, 0.3) is 0 Å². The summed E-state index contributed by atoms with van der Waals surface area (Å²) in [4.78, 5) is 17.8. The molecule has 1 aliphatic heterocycles. The van der Waals surface area contributed by atoms with E-state index in [1.165, 1.54) is 28.6 Å². The average Bonchev–Trinajstić information content (AvgIpc) is 3.00. The van der Waals surface area contributed by atoms with E-state index in [1.807, 2.05) is 0 Å². The Bertz CT molecular complexity index is 1220. The highest BCUT2D eigenvalue weighted by molar-refractivity contribution is 6.32. The number of guanidine groups is 1. The third kappa shape index (κ3) is 3.42. The molecule has 6 nitrogen and oxygen atoms in total. The summed E-state index contributed by atoms with van der Waals surface area (Å²) < 4.78 is 42.9. The van der Waals surface area contributed by atoms with Gasteiger partial charge in [-0.25, -0.2) is 4.98 Å². The van der Waals surface area contributed by atoms with Crippen LogP contribution in [0.3, 0.4) is 0 Å². The molecule has 162 valence electrons.